The molecule has 0 spiro atoms. The SMILES string of the molecule is Cc1ccc(O)c(/C=N/NC(=O)c2cc3cc(C)ccc3oc2=O)c1. The van der Waals surface area contributed by atoms with E-state index in [-0.39, 0.29) is 11.3 Å². The third-order valence-corrected chi connectivity index (χ3v) is 3.69. The van der Waals surface area contributed by atoms with E-state index >= 15 is 0 Å². The number of phenolic OH excluding ortho intramolecular Hbond substituents is 1. The Hall–Kier alpha value is -3.41. The van der Waals surface area contributed by atoms with Gasteiger partial charge in [-0.15, -0.1) is 0 Å². The lowest BCUT2D eigenvalue weighted by atomic mass is 10.1. The van der Waals surface area contributed by atoms with Gasteiger partial charge < -0.3 is 9.52 Å². The molecule has 0 unspecified atom stereocenters. The molecule has 0 aliphatic rings. The Balaban J connectivity index is 1.85. The van der Waals surface area contributed by atoms with Crippen LogP contribution in [0.15, 0.2) is 56.8 Å². The van der Waals surface area contributed by atoms with E-state index in [4.69, 9.17) is 4.42 Å². The molecule has 0 saturated heterocycles. The Morgan fingerprint density at radius 2 is 1.84 bits per heavy atom. The molecule has 0 bridgehead atoms. The molecule has 0 fully saturated rings. The molecule has 126 valence electrons. The van der Waals surface area contributed by atoms with Gasteiger partial charge in [-0.3, -0.25) is 4.79 Å². The van der Waals surface area contributed by atoms with Crippen molar-refractivity contribution in [2.75, 3.05) is 0 Å². The number of aromatic hydroxyl groups is 1. The summed E-state index contributed by atoms with van der Waals surface area (Å²) in [5, 5.41) is 14.2. The van der Waals surface area contributed by atoms with E-state index in [9.17, 15) is 14.7 Å². The van der Waals surface area contributed by atoms with E-state index in [1.165, 1.54) is 12.3 Å². The minimum Gasteiger partial charge on any atom is -0.507 e. The van der Waals surface area contributed by atoms with Crippen molar-refractivity contribution in [2.45, 2.75) is 13.8 Å². The molecule has 2 N–H and O–H groups in total. The number of carbonyl (C=O) groups excluding carboxylic acids is 1. The molecule has 6 heteroatoms. The number of hydrogen-bond donors (Lipinski definition) is 2. The first kappa shape index (κ1) is 16.4. The number of hydrazone groups is 1. The summed E-state index contributed by atoms with van der Waals surface area (Å²) in [6, 6.07) is 11.8. The molecule has 1 heterocycles. The number of phenols is 1. The lowest BCUT2D eigenvalue weighted by Gasteiger charge is -2.03. The standard InChI is InChI=1S/C19H16N2O4/c1-11-3-5-16(22)14(8-11)10-20-21-18(23)15-9-13-7-12(2)4-6-17(13)25-19(15)24/h3-10,22H,1-2H3,(H,21,23)/b20-10+. The van der Waals surface area contributed by atoms with Crippen LogP contribution < -0.4 is 11.1 Å². The van der Waals surface area contributed by atoms with Gasteiger partial charge in [0.1, 0.15) is 16.9 Å². The summed E-state index contributed by atoms with van der Waals surface area (Å²) in [6.07, 6.45) is 1.31. The summed E-state index contributed by atoms with van der Waals surface area (Å²) in [7, 11) is 0. The van der Waals surface area contributed by atoms with E-state index in [2.05, 4.69) is 10.5 Å². The molecular weight excluding hydrogens is 320 g/mol. The average Bonchev–Trinajstić information content (AvgIpc) is 2.57. The predicted molar refractivity (Wildman–Crippen MR) is 95.1 cm³/mol. The van der Waals surface area contributed by atoms with Crippen LogP contribution in [0.4, 0.5) is 0 Å². The van der Waals surface area contributed by atoms with Crippen LogP contribution in [0.25, 0.3) is 11.0 Å². The monoisotopic (exact) mass is 336 g/mol. The van der Waals surface area contributed by atoms with Gasteiger partial charge in [0.2, 0.25) is 0 Å². The quantitative estimate of drug-likeness (QED) is 0.437. The Morgan fingerprint density at radius 3 is 2.64 bits per heavy atom. The highest BCUT2D eigenvalue weighted by Crippen LogP contribution is 2.16. The first-order chi connectivity index (χ1) is 11.9. The molecule has 6 nitrogen and oxygen atoms in total. The normalized spacial score (nSPS) is 11.1. The van der Waals surface area contributed by atoms with Gasteiger partial charge in [-0.2, -0.15) is 5.10 Å². The van der Waals surface area contributed by atoms with Crippen molar-refractivity contribution in [3.8, 4) is 5.75 Å². The minimum atomic E-state index is -0.734. The number of benzene rings is 2. The van der Waals surface area contributed by atoms with Gasteiger partial charge >= 0.3 is 5.63 Å². The largest absolute Gasteiger partial charge is 0.507 e. The Kier molecular flexibility index (Phi) is 4.35. The van der Waals surface area contributed by atoms with Gasteiger partial charge in [-0.1, -0.05) is 23.3 Å². The van der Waals surface area contributed by atoms with Gasteiger partial charge in [0.25, 0.3) is 5.91 Å². The smallest absolute Gasteiger partial charge is 0.349 e. The highest BCUT2D eigenvalue weighted by Gasteiger charge is 2.13. The lowest BCUT2D eigenvalue weighted by molar-refractivity contribution is 0.0951. The molecule has 1 aromatic heterocycles. The van der Waals surface area contributed by atoms with Gasteiger partial charge in [-0.25, -0.2) is 10.2 Å². The van der Waals surface area contributed by atoms with Gasteiger partial charge in [0.15, 0.2) is 0 Å². The van der Waals surface area contributed by atoms with Crippen LogP contribution in [0, 0.1) is 13.8 Å². The zero-order valence-electron chi connectivity index (χ0n) is 13.7. The fourth-order valence-electron chi connectivity index (χ4n) is 2.40. The lowest BCUT2D eigenvalue weighted by Crippen LogP contribution is -2.24. The Bertz CT molecular complexity index is 1050. The maximum Gasteiger partial charge on any atom is 0.349 e. The molecule has 0 aliphatic carbocycles. The van der Waals surface area contributed by atoms with E-state index in [0.29, 0.717) is 16.5 Å². The number of aryl methyl sites for hydroxylation is 2. The van der Waals surface area contributed by atoms with Crippen molar-refractivity contribution in [2.24, 2.45) is 5.10 Å². The average molecular weight is 336 g/mol. The van der Waals surface area contributed by atoms with Crippen molar-refractivity contribution in [1.29, 1.82) is 0 Å². The molecule has 0 radical (unpaired) electrons. The summed E-state index contributed by atoms with van der Waals surface area (Å²) in [6.45, 7) is 3.78. The first-order valence-corrected chi connectivity index (χ1v) is 7.61. The van der Waals surface area contributed by atoms with Gasteiger partial charge in [-0.05, 0) is 44.2 Å². The second-order valence-electron chi connectivity index (χ2n) is 5.75. The summed E-state index contributed by atoms with van der Waals surface area (Å²) >= 11 is 0. The molecular formula is C19H16N2O4. The van der Waals surface area contributed by atoms with Gasteiger partial charge in [0, 0.05) is 10.9 Å². The fraction of sp³-hybridized carbons (Fsp3) is 0.105. The molecule has 0 atom stereocenters. The zero-order chi connectivity index (χ0) is 18.0. The summed E-state index contributed by atoms with van der Waals surface area (Å²) in [4.78, 5) is 24.2. The predicted octanol–water partition coefficient (Wildman–Crippen LogP) is 2.88. The molecule has 0 saturated carbocycles. The van der Waals surface area contributed by atoms with E-state index < -0.39 is 11.5 Å². The number of rotatable bonds is 3. The Labute approximate surface area is 143 Å². The second kappa shape index (κ2) is 6.60. The topological polar surface area (TPSA) is 91.9 Å². The summed E-state index contributed by atoms with van der Waals surface area (Å²) in [5.41, 5.74) is 4.21. The molecule has 1 amide bonds. The fourth-order valence-corrected chi connectivity index (χ4v) is 2.40. The Morgan fingerprint density at radius 1 is 1.12 bits per heavy atom. The third-order valence-electron chi connectivity index (χ3n) is 3.69. The second-order valence-corrected chi connectivity index (χ2v) is 5.75. The highest BCUT2D eigenvalue weighted by atomic mass is 16.4. The number of nitrogens with zero attached hydrogens (tertiary/aromatic N) is 1. The number of fused-ring (bicyclic) bond motifs is 1. The van der Waals surface area contributed by atoms with Crippen molar-refractivity contribution < 1.29 is 14.3 Å². The van der Waals surface area contributed by atoms with Crippen molar-refractivity contribution in [3.05, 3.63) is 75.1 Å². The summed E-state index contributed by atoms with van der Waals surface area (Å²) < 4.78 is 5.16. The molecule has 25 heavy (non-hydrogen) atoms. The van der Waals surface area contributed by atoms with Crippen LogP contribution in [0.5, 0.6) is 5.75 Å². The number of carbonyl (C=O) groups is 1. The van der Waals surface area contributed by atoms with Crippen molar-refractivity contribution in [1.82, 2.24) is 5.43 Å². The number of hydrogen-bond acceptors (Lipinski definition) is 5. The number of nitrogens with one attached hydrogen (secondary N) is 1. The van der Waals surface area contributed by atoms with Crippen LogP contribution in [0.3, 0.4) is 0 Å². The van der Waals surface area contributed by atoms with Gasteiger partial charge in [0.05, 0.1) is 6.21 Å². The third kappa shape index (κ3) is 3.58. The van der Waals surface area contributed by atoms with Crippen LogP contribution in [-0.4, -0.2) is 17.2 Å². The van der Waals surface area contributed by atoms with E-state index in [0.717, 1.165) is 11.1 Å². The molecule has 0 aliphatic heterocycles. The first-order valence-electron chi connectivity index (χ1n) is 7.61. The number of amides is 1. The van der Waals surface area contributed by atoms with Crippen LogP contribution in [-0.2, 0) is 0 Å². The molecule has 2 aromatic carbocycles. The van der Waals surface area contributed by atoms with Crippen molar-refractivity contribution >= 4 is 23.1 Å². The van der Waals surface area contributed by atoms with E-state index in [1.54, 1.807) is 24.3 Å². The van der Waals surface area contributed by atoms with Crippen molar-refractivity contribution in [3.63, 3.8) is 0 Å². The highest BCUT2D eigenvalue weighted by molar-refractivity contribution is 5.97. The zero-order valence-corrected chi connectivity index (χ0v) is 13.7. The van der Waals surface area contributed by atoms with Crippen LogP contribution in [0.1, 0.15) is 27.0 Å². The van der Waals surface area contributed by atoms with Crippen LogP contribution >= 0.6 is 0 Å². The summed E-state index contributed by atoms with van der Waals surface area (Å²) in [5.74, 6) is -0.634. The molecule has 3 rings (SSSR count). The maximum absolute atomic E-state index is 12.2. The van der Waals surface area contributed by atoms with E-state index in [1.807, 2.05) is 26.0 Å². The molecule has 3 aromatic rings. The van der Waals surface area contributed by atoms with Crippen LogP contribution in [0.2, 0.25) is 0 Å². The minimum absolute atomic E-state index is 0.0456. The maximum atomic E-state index is 12.2.